The quantitative estimate of drug-likeness (QED) is 0.833. The molecule has 114 valence electrons. The van der Waals surface area contributed by atoms with Gasteiger partial charge in [0.05, 0.1) is 12.1 Å². The summed E-state index contributed by atoms with van der Waals surface area (Å²) in [5.74, 6) is 0. The maximum Gasteiger partial charge on any atom is 0.0767 e. The van der Waals surface area contributed by atoms with Crippen molar-refractivity contribution in [1.29, 1.82) is 0 Å². The zero-order valence-corrected chi connectivity index (χ0v) is 14.5. The first kappa shape index (κ1) is 15.2. The first-order chi connectivity index (χ1) is 10.1. The Morgan fingerprint density at radius 3 is 2.29 bits per heavy atom. The predicted molar refractivity (Wildman–Crippen MR) is 91.2 cm³/mol. The molecule has 1 fully saturated rings. The number of rotatable bonds is 6. The van der Waals surface area contributed by atoms with Gasteiger partial charge in [-0.1, -0.05) is 26.0 Å². The highest BCUT2D eigenvalue weighted by atomic mass is 32.1. The Hall–Kier alpha value is -0.680. The van der Waals surface area contributed by atoms with E-state index in [1.165, 1.54) is 9.75 Å². The molecule has 2 atom stereocenters. The van der Waals surface area contributed by atoms with E-state index in [1.54, 1.807) is 0 Å². The lowest BCUT2D eigenvalue weighted by Gasteiger charge is -2.52. The van der Waals surface area contributed by atoms with Gasteiger partial charge in [-0.15, -0.1) is 22.7 Å². The second-order valence-corrected chi connectivity index (χ2v) is 8.14. The average molecular weight is 322 g/mol. The van der Waals surface area contributed by atoms with Crippen molar-refractivity contribution < 1.29 is 4.74 Å². The molecule has 1 N–H and O–H groups in total. The van der Waals surface area contributed by atoms with Crippen molar-refractivity contribution >= 4 is 22.7 Å². The molecule has 1 aliphatic rings. The summed E-state index contributed by atoms with van der Waals surface area (Å²) in [7, 11) is 0. The maximum atomic E-state index is 5.85. The molecule has 3 rings (SSSR count). The van der Waals surface area contributed by atoms with Crippen LogP contribution < -0.4 is 5.32 Å². The van der Waals surface area contributed by atoms with Crippen molar-refractivity contribution in [1.82, 2.24) is 5.32 Å². The molecule has 2 aromatic heterocycles. The van der Waals surface area contributed by atoms with Gasteiger partial charge in [-0.25, -0.2) is 0 Å². The molecule has 2 heterocycles. The van der Waals surface area contributed by atoms with Gasteiger partial charge in [0, 0.05) is 27.8 Å². The average Bonchev–Trinajstić information content (AvgIpc) is 3.15. The first-order valence-electron chi connectivity index (χ1n) is 7.57. The molecule has 4 heteroatoms. The summed E-state index contributed by atoms with van der Waals surface area (Å²) in [4.78, 5) is 2.79. The molecule has 0 aromatic carbocycles. The lowest BCUT2D eigenvalue weighted by molar-refractivity contribution is -0.115. The predicted octanol–water partition coefficient (Wildman–Crippen LogP) is 4.69. The number of nitrogens with one attached hydrogen (secondary N) is 1. The molecule has 1 saturated carbocycles. The van der Waals surface area contributed by atoms with Gasteiger partial charge in [0.2, 0.25) is 0 Å². The van der Waals surface area contributed by atoms with Gasteiger partial charge in [0.15, 0.2) is 0 Å². The lowest BCUT2D eigenvalue weighted by atomic mass is 9.64. The van der Waals surface area contributed by atoms with Crippen LogP contribution in [-0.2, 0) is 4.74 Å². The molecular weight excluding hydrogens is 298 g/mol. The largest absolute Gasteiger partial charge is 0.378 e. The number of hydrogen-bond acceptors (Lipinski definition) is 4. The Balaban J connectivity index is 1.75. The lowest BCUT2D eigenvalue weighted by Crippen LogP contribution is -2.61. The van der Waals surface area contributed by atoms with Crippen LogP contribution >= 0.6 is 22.7 Å². The Labute approximate surface area is 135 Å². The van der Waals surface area contributed by atoms with Gasteiger partial charge in [-0.3, -0.25) is 0 Å². The Bertz CT molecular complexity index is 513. The summed E-state index contributed by atoms with van der Waals surface area (Å²) in [6.07, 6.45) is 1.49. The van der Waals surface area contributed by atoms with Crippen molar-refractivity contribution in [2.75, 3.05) is 6.61 Å². The third kappa shape index (κ3) is 2.95. The van der Waals surface area contributed by atoms with Gasteiger partial charge >= 0.3 is 0 Å². The maximum absolute atomic E-state index is 5.85. The van der Waals surface area contributed by atoms with Gasteiger partial charge in [-0.2, -0.15) is 0 Å². The van der Waals surface area contributed by atoms with Crippen molar-refractivity contribution in [2.24, 2.45) is 5.41 Å². The fourth-order valence-electron chi connectivity index (χ4n) is 3.07. The van der Waals surface area contributed by atoms with Crippen LogP contribution in [0.25, 0.3) is 0 Å². The molecule has 0 saturated heterocycles. The van der Waals surface area contributed by atoms with Crippen molar-refractivity contribution in [2.45, 2.75) is 45.4 Å². The zero-order valence-electron chi connectivity index (χ0n) is 12.8. The smallest absolute Gasteiger partial charge is 0.0767 e. The molecule has 0 radical (unpaired) electrons. The molecule has 2 nitrogen and oxygen atoms in total. The monoisotopic (exact) mass is 321 g/mol. The topological polar surface area (TPSA) is 21.3 Å². The van der Waals surface area contributed by atoms with Crippen LogP contribution in [0.15, 0.2) is 35.0 Å². The highest BCUT2D eigenvalue weighted by Gasteiger charge is 2.49. The number of thiophene rings is 2. The van der Waals surface area contributed by atoms with E-state index in [-0.39, 0.29) is 5.41 Å². The number of ether oxygens (including phenoxy) is 1. The van der Waals surface area contributed by atoms with Crippen LogP contribution in [0.1, 0.15) is 43.0 Å². The van der Waals surface area contributed by atoms with E-state index < -0.39 is 0 Å². The molecule has 0 bridgehead atoms. The van der Waals surface area contributed by atoms with Gasteiger partial charge in [0.1, 0.15) is 0 Å². The summed E-state index contributed by atoms with van der Waals surface area (Å²) >= 11 is 3.66. The normalized spacial score (nSPS) is 24.2. The minimum absolute atomic E-state index is 0.197. The molecular formula is C17H23NOS2. The van der Waals surface area contributed by atoms with Crippen molar-refractivity contribution in [3.8, 4) is 0 Å². The van der Waals surface area contributed by atoms with E-state index in [9.17, 15) is 0 Å². The van der Waals surface area contributed by atoms with E-state index >= 15 is 0 Å². The molecule has 0 spiro atoms. The molecule has 21 heavy (non-hydrogen) atoms. The van der Waals surface area contributed by atoms with Crippen LogP contribution in [0.3, 0.4) is 0 Å². The highest BCUT2D eigenvalue weighted by Crippen LogP contribution is 2.44. The first-order valence-corrected chi connectivity index (χ1v) is 9.33. The Morgan fingerprint density at radius 1 is 1.24 bits per heavy atom. The summed E-state index contributed by atoms with van der Waals surface area (Å²) in [5, 5.41) is 8.20. The second-order valence-electron chi connectivity index (χ2n) is 6.18. The SMILES string of the molecule is CCOC1CC(NC(c2cccs2)c2cccs2)C1(C)C. The van der Waals surface area contributed by atoms with Crippen LogP contribution in [0.2, 0.25) is 0 Å². The van der Waals surface area contributed by atoms with Gasteiger partial charge in [-0.05, 0) is 36.2 Å². The Kier molecular flexibility index (Phi) is 4.50. The summed E-state index contributed by atoms with van der Waals surface area (Å²) in [6, 6.07) is 9.55. The Morgan fingerprint density at radius 2 is 1.86 bits per heavy atom. The van der Waals surface area contributed by atoms with E-state index in [0.29, 0.717) is 18.2 Å². The third-order valence-electron chi connectivity index (χ3n) is 4.57. The molecule has 0 aliphatic heterocycles. The molecule has 2 unspecified atom stereocenters. The minimum Gasteiger partial charge on any atom is -0.378 e. The summed E-state index contributed by atoms with van der Waals surface area (Å²) in [5.41, 5.74) is 0.197. The fourth-order valence-corrected chi connectivity index (χ4v) is 4.75. The fraction of sp³-hybridized carbons (Fsp3) is 0.529. The summed E-state index contributed by atoms with van der Waals surface area (Å²) < 4.78 is 5.85. The van der Waals surface area contributed by atoms with Crippen LogP contribution in [0.4, 0.5) is 0 Å². The molecule has 0 amide bonds. The van der Waals surface area contributed by atoms with Crippen LogP contribution in [-0.4, -0.2) is 18.8 Å². The van der Waals surface area contributed by atoms with Crippen molar-refractivity contribution in [3.05, 3.63) is 44.8 Å². The molecule has 2 aromatic rings. The van der Waals surface area contributed by atoms with E-state index in [4.69, 9.17) is 4.74 Å². The standard InChI is InChI=1S/C17H23NOS2/c1-4-19-15-11-14(17(15,2)3)18-16(12-7-5-9-20-12)13-8-6-10-21-13/h5-10,14-16,18H,4,11H2,1-3H3. The summed E-state index contributed by atoms with van der Waals surface area (Å²) in [6.45, 7) is 7.51. The van der Waals surface area contributed by atoms with Crippen LogP contribution in [0, 0.1) is 5.41 Å². The van der Waals surface area contributed by atoms with Crippen LogP contribution in [0.5, 0.6) is 0 Å². The number of hydrogen-bond donors (Lipinski definition) is 1. The third-order valence-corrected chi connectivity index (χ3v) is 6.44. The van der Waals surface area contributed by atoms with E-state index in [0.717, 1.165) is 13.0 Å². The van der Waals surface area contributed by atoms with E-state index in [2.05, 4.69) is 61.1 Å². The van der Waals surface area contributed by atoms with Gasteiger partial charge < -0.3 is 10.1 Å². The second kappa shape index (κ2) is 6.21. The minimum atomic E-state index is 0.197. The molecule has 1 aliphatic carbocycles. The van der Waals surface area contributed by atoms with Gasteiger partial charge in [0.25, 0.3) is 0 Å². The highest BCUT2D eigenvalue weighted by molar-refractivity contribution is 7.11. The van der Waals surface area contributed by atoms with E-state index in [1.807, 2.05) is 22.7 Å². The zero-order chi connectivity index (χ0) is 14.9. The van der Waals surface area contributed by atoms with Crippen molar-refractivity contribution in [3.63, 3.8) is 0 Å².